The fraction of sp³-hybridized carbons (Fsp3) is 0. The highest BCUT2D eigenvalue weighted by atomic mass is 16.1. The molecule has 75 valence electrons. The van der Waals surface area contributed by atoms with Gasteiger partial charge in [-0.1, -0.05) is 36.4 Å². The van der Waals surface area contributed by atoms with Crippen LogP contribution in [0, 0.1) is 6.20 Å². The molecule has 0 bridgehead atoms. The van der Waals surface area contributed by atoms with Crippen LogP contribution in [0.3, 0.4) is 0 Å². The van der Waals surface area contributed by atoms with Crippen molar-refractivity contribution in [3.8, 4) is 0 Å². The average Bonchev–Trinajstić information content (AvgIpc) is 2.49. The lowest BCUT2D eigenvalue weighted by molar-refractivity contribution is 1.44. The number of benzene rings is 2. The van der Waals surface area contributed by atoms with Gasteiger partial charge in [0.2, 0.25) is 0 Å². The summed E-state index contributed by atoms with van der Waals surface area (Å²) in [7, 11) is 0. The maximum Gasteiger partial charge on any atom is 0.195 e. The van der Waals surface area contributed by atoms with Crippen molar-refractivity contribution < 1.29 is 0 Å². The summed E-state index contributed by atoms with van der Waals surface area (Å²) < 4.78 is 0. The van der Waals surface area contributed by atoms with Crippen molar-refractivity contribution in [1.82, 2.24) is 4.98 Å². The highest BCUT2D eigenvalue weighted by Crippen LogP contribution is 2.11. The summed E-state index contributed by atoms with van der Waals surface area (Å²) in [6.45, 7) is 0. The molecule has 0 saturated heterocycles. The summed E-state index contributed by atoms with van der Waals surface area (Å²) in [4.78, 5) is 16.4. The van der Waals surface area contributed by atoms with Crippen molar-refractivity contribution >= 4 is 21.7 Å². The molecule has 0 fully saturated rings. The van der Waals surface area contributed by atoms with E-state index >= 15 is 0 Å². The molecule has 2 aromatic carbocycles. The van der Waals surface area contributed by atoms with Gasteiger partial charge in [-0.3, -0.25) is 4.79 Å². The van der Waals surface area contributed by atoms with E-state index < -0.39 is 0 Å². The molecule has 16 heavy (non-hydrogen) atoms. The number of fused-ring (bicyclic) bond motifs is 2. The van der Waals surface area contributed by atoms with E-state index in [4.69, 9.17) is 0 Å². The van der Waals surface area contributed by atoms with E-state index in [-0.39, 0.29) is 5.43 Å². The number of aromatic nitrogens is 1. The van der Waals surface area contributed by atoms with Crippen molar-refractivity contribution in [3.05, 3.63) is 65.0 Å². The van der Waals surface area contributed by atoms with Crippen molar-refractivity contribution in [2.75, 3.05) is 0 Å². The number of hydrogen-bond donors (Lipinski definition) is 0. The molecule has 0 spiro atoms. The Labute approximate surface area is 92.2 Å². The Morgan fingerprint density at radius 3 is 2.44 bits per heavy atom. The third-order valence-corrected chi connectivity index (χ3v) is 2.62. The van der Waals surface area contributed by atoms with Gasteiger partial charge in [-0.2, -0.15) is 0 Å². The smallest absolute Gasteiger partial charge is 0.195 e. The van der Waals surface area contributed by atoms with Crippen molar-refractivity contribution in [1.29, 1.82) is 0 Å². The Hall–Kier alpha value is -2.22. The zero-order valence-corrected chi connectivity index (χ0v) is 8.47. The molecule has 0 atom stereocenters. The second-order valence-electron chi connectivity index (χ2n) is 3.62. The largest absolute Gasteiger partial charge is 0.289 e. The van der Waals surface area contributed by atoms with Gasteiger partial charge in [0.05, 0.1) is 11.7 Å². The minimum Gasteiger partial charge on any atom is -0.289 e. The molecule has 0 N–H and O–H groups in total. The lowest BCUT2D eigenvalue weighted by atomic mass is 10.1. The standard InChI is InChI=1S/C14H8NO/c16-14-11-6-2-1-5-10(11)9-15-13-8-4-3-7-12(13)14/h1-8H. The summed E-state index contributed by atoms with van der Waals surface area (Å²) in [6.07, 6.45) is 2.92. The predicted molar refractivity (Wildman–Crippen MR) is 64.4 cm³/mol. The fourth-order valence-corrected chi connectivity index (χ4v) is 1.81. The average molecular weight is 206 g/mol. The highest BCUT2D eigenvalue weighted by Gasteiger charge is 2.01. The van der Waals surface area contributed by atoms with Crippen LogP contribution in [0.15, 0.2) is 53.3 Å². The normalized spacial score (nSPS) is 10.8. The lowest BCUT2D eigenvalue weighted by Gasteiger charge is -1.88. The Morgan fingerprint density at radius 1 is 0.875 bits per heavy atom. The molecule has 3 rings (SSSR count). The third-order valence-electron chi connectivity index (χ3n) is 2.62. The first-order valence-electron chi connectivity index (χ1n) is 5.06. The zero-order chi connectivity index (χ0) is 11.0. The van der Waals surface area contributed by atoms with Crippen molar-refractivity contribution in [3.63, 3.8) is 0 Å². The van der Waals surface area contributed by atoms with Crippen LogP contribution in [-0.2, 0) is 0 Å². The van der Waals surface area contributed by atoms with Gasteiger partial charge in [-0.25, -0.2) is 4.98 Å². The maximum absolute atomic E-state index is 12.2. The predicted octanol–water partition coefficient (Wildman–Crippen LogP) is 2.55. The molecule has 0 saturated carbocycles. The van der Waals surface area contributed by atoms with Gasteiger partial charge in [0.25, 0.3) is 0 Å². The van der Waals surface area contributed by atoms with E-state index in [1.807, 2.05) is 42.5 Å². The molecule has 1 heterocycles. The Bertz CT molecular complexity index is 673. The molecule has 0 aliphatic rings. The molecule has 1 radical (unpaired) electrons. The van der Waals surface area contributed by atoms with Crippen LogP contribution in [-0.4, -0.2) is 4.98 Å². The number of para-hydroxylation sites is 1. The van der Waals surface area contributed by atoms with Crippen LogP contribution in [0.2, 0.25) is 0 Å². The summed E-state index contributed by atoms with van der Waals surface area (Å²) in [5.41, 5.74) is 0.698. The van der Waals surface area contributed by atoms with E-state index in [0.29, 0.717) is 16.3 Å². The fourth-order valence-electron chi connectivity index (χ4n) is 1.81. The quantitative estimate of drug-likeness (QED) is 0.565. The zero-order valence-electron chi connectivity index (χ0n) is 8.47. The molecule has 0 amide bonds. The topological polar surface area (TPSA) is 30.0 Å². The van der Waals surface area contributed by atoms with Crippen LogP contribution in [0.25, 0.3) is 21.7 Å². The third kappa shape index (κ3) is 1.27. The van der Waals surface area contributed by atoms with E-state index in [1.54, 1.807) is 6.07 Å². The van der Waals surface area contributed by atoms with Crippen LogP contribution >= 0.6 is 0 Å². The van der Waals surface area contributed by atoms with Crippen LogP contribution < -0.4 is 5.43 Å². The first-order chi connectivity index (χ1) is 7.86. The van der Waals surface area contributed by atoms with E-state index in [9.17, 15) is 4.79 Å². The number of hydrogen-bond acceptors (Lipinski definition) is 2. The summed E-state index contributed by atoms with van der Waals surface area (Å²) >= 11 is 0. The molecule has 2 nitrogen and oxygen atoms in total. The summed E-state index contributed by atoms with van der Waals surface area (Å²) in [5.74, 6) is 0. The molecule has 0 aliphatic carbocycles. The van der Waals surface area contributed by atoms with Gasteiger partial charge in [0, 0.05) is 16.2 Å². The van der Waals surface area contributed by atoms with Gasteiger partial charge in [-0.15, -0.1) is 0 Å². The van der Waals surface area contributed by atoms with E-state index in [1.165, 1.54) is 0 Å². The second-order valence-corrected chi connectivity index (χ2v) is 3.62. The molecule has 3 aromatic rings. The monoisotopic (exact) mass is 206 g/mol. The Balaban J connectivity index is 2.69. The van der Waals surface area contributed by atoms with Crippen LogP contribution in [0.1, 0.15) is 0 Å². The number of rotatable bonds is 0. The van der Waals surface area contributed by atoms with Crippen LogP contribution in [0.5, 0.6) is 0 Å². The SMILES string of the molecule is O=c1c2ccccc2[c]nc2ccccc12. The van der Waals surface area contributed by atoms with Crippen LogP contribution in [0.4, 0.5) is 0 Å². The Morgan fingerprint density at radius 2 is 1.56 bits per heavy atom. The molecule has 2 heteroatoms. The Kier molecular flexibility index (Phi) is 1.93. The van der Waals surface area contributed by atoms with E-state index in [2.05, 4.69) is 11.2 Å². The lowest BCUT2D eigenvalue weighted by Crippen LogP contribution is -1.97. The van der Waals surface area contributed by atoms with Gasteiger partial charge in [0.15, 0.2) is 5.43 Å². The first-order valence-corrected chi connectivity index (χ1v) is 5.06. The summed E-state index contributed by atoms with van der Waals surface area (Å²) in [6, 6.07) is 14.7. The second kappa shape index (κ2) is 3.42. The van der Waals surface area contributed by atoms with Crippen molar-refractivity contribution in [2.24, 2.45) is 0 Å². The first kappa shape index (κ1) is 9.04. The highest BCUT2D eigenvalue weighted by molar-refractivity contribution is 5.89. The molecular formula is C14H8NO. The van der Waals surface area contributed by atoms with Gasteiger partial charge in [0.1, 0.15) is 0 Å². The van der Waals surface area contributed by atoms with Crippen molar-refractivity contribution in [2.45, 2.75) is 0 Å². The molecular weight excluding hydrogens is 198 g/mol. The minimum atomic E-state index is 0.0138. The van der Waals surface area contributed by atoms with E-state index in [0.717, 1.165) is 5.39 Å². The maximum atomic E-state index is 12.2. The molecule has 0 unspecified atom stereocenters. The molecule has 1 aromatic heterocycles. The minimum absolute atomic E-state index is 0.0138. The molecule has 0 aliphatic heterocycles. The van der Waals surface area contributed by atoms with Gasteiger partial charge >= 0.3 is 0 Å². The summed E-state index contributed by atoms with van der Waals surface area (Å²) in [5, 5.41) is 2.06. The van der Waals surface area contributed by atoms with Gasteiger partial charge in [-0.05, 0) is 12.1 Å². The van der Waals surface area contributed by atoms with Gasteiger partial charge < -0.3 is 0 Å². The number of nitrogens with zero attached hydrogens (tertiary/aromatic N) is 1.